The molecule has 19 heavy (non-hydrogen) atoms. The van der Waals surface area contributed by atoms with E-state index in [0.29, 0.717) is 12.0 Å². The Balaban J connectivity index is 2.23. The van der Waals surface area contributed by atoms with Gasteiger partial charge in [-0.3, -0.25) is 0 Å². The predicted octanol–water partition coefficient (Wildman–Crippen LogP) is 4.47. The zero-order valence-corrected chi connectivity index (χ0v) is 13.3. The van der Waals surface area contributed by atoms with Crippen molar-refractivity contribution < 1.29 is 9.84 Å². The minimum absolute atomic E-state index is 0.375. The first kappa shape index (κ1) is 15.0. The van der Waals surface area contributed by atoms with Gasteiger partial charge in [-0.15, -0.1) is 11.3 Å². The molecular formula is C16H26O2S. The first-order chi connectivity index (χ1) is 8.90. The highest BCUT2D eigenvalue weighted by Gasteiger charge is 2.45. The lowest BCUT2D eigenvalue weighted by molar-refractivity contribution is -0.152. The number of thiophene rings is 1. The topological polar surface area (TPSA) is 29.5 Å². The van der Waals surface area contributed by atoms with Crippen molar-refractivity contribution in [2.75, 3.05) is 6.61 Å². The fourth-order valence-electron chi connectivity index (χ4n) is 3.04. The zero-order valence-electron chi connectivity index (χ0n) is 12.5. The molecule has 0 amide bonds. The predicted molar refractivity (Wildman–Crippen MR) is 80.6 cm³/mol. The van der Waals surface area contributed by atoms with Crippen LogP contribution in [0.2, 0.25) is 0 Å². The van der Waals surface area contributed by atoms with Crippen LogP contribution in [-0.4, -0.2) is 17.3 Å². The Kier molecular flexibility index (Phi) is 4.38. The summed E-state index contributed by atoms with van der Waals surface area (Å²) in [5.41, 5.74) is 1.19. The van der Waals surface area contributed by atoms with Gasteiger partial charge >= 0.3 is 0 Å². The molecule has 1 unspecified atom stereocenters. The maximum absolute atomic E-state index is 10.9. The second-order valence-corrected chi connectivity index (χ2v) is 7.48. The SMILES string of the molecule is CCOC1(C(O)c2sccc2C)CCC(C)(C)CC1. The van der Waals surface area contributed by atoms with E-state index in [-0.39, 0.29) is 5.60 Å². The smallest absolute Gasteiger partial charge is 0.117 e. The van der Waals surface area contributed by atoms with Crippen LogP contribution in [-0.2, 0) is 4.74 Å². The fraction of sp³-hybridized carbons (Fsp3) is 0.750. The van der Waals surface area contributed by atoms with Gasteiger partial charge in [-0.05, 0) is 62.0 Å². The van der Waals surface area contributed by atoms with Gasteiger partial charge < -0.3 is 9.84 Å². The molecule has 0 saturated heterocycles. The number of aliphatic hydroxyl groups excluding tert-OH is 1. The van der Waals surface area contributed by atoms with Crippen molar-refractivity contribution >= 4 is 11.3 Å². The molecule has 1 atom stereocenters. The van der Waals surface area contributed by atoms with Crippen LogP contribution in [0.25, 0.3) is 0 Å². The average molecular weight is 282 g/mol. The third kappa shape index (κ3) is 3.04. The van der Waals surface area contributed by atoms with Crippen LogP contribution < -0.4 is 0 Å². The summed E-state index contributed by atoms with van der Waals surface area (Å²) in [6.07, 6.45) is 3.66. The van der Waals surface area contributed by atoms with Gasteiger partial charge in [0.1, 0.15) is 6.10 Å². The molecule has 3 heteroatoms. The first-order valence-electron chi connectivity index (χ1n) is 7.26. The number of aryl methyl sites for hydroxylation is 1. The summed E-state index contributed by atoms with van der Waals surface area (Å²) < 4.78 is 6.06. The van der Waals surface area contributed by atoms with Gasteiger partial charge in [-0.1, -0.05) is 13.8 Å². The summed E-state index contributed by atoms with van der Waals surface area (Å²) in [5, 5.41) is 12.9. The van der Waals surface area contributed by atoms with Crippen LogP contribution in [0.5, 0.6) is 0 Å². The quantitative estimate of drug-likeness (QED) is 0.883. The lowest BCUT2D eigenvalue weighted by atomic mass is 9.68. The van der Waals surface area contributed by atoms with Gasteiger partial charge in [0, 0.05) is 11.5 Å². The minimum atomic E-state index is -0.483. The maximum Gasteiger partial charge on any atom is 0.117 e. The van der Waals surface area contributed by atoms with E-state index in [1.54, 1.807) is 11.3 Å². The molecule has 108 valence electrons. The Labute approximate surface area is 120 Å². The standard InChI is InChI=1S/C16H26O2S/c1-5-18-16(9-7-15(3,4)8-10-16)14(17)13-12(2)6-11-19-13/h6,11,14,17H,5,7-10H2,1-4H3. The second-order valence-electron chi connectivity index (χ2n) is 6.53. The summed E-state index contributed by atoms with van der Waals surface area (Å²) >= 11 is 1.65. The monoisotopic (exact) mass is 282 g/mol. The molecule has 1 aromatic heterocycles. The molecule has 1 aliphatic carbocycles. The largest absolute Gasteiger partial charge is 0.385 e. The molecule has 2 rings (SSSR count). The summed E-state index contributed by atoms with van der Waals surface area (Å²) in [6, 6.07) is 2.08. The lowest BCUT2D eigenvalue weighted by Gasteiger charge is -2.45. The number of hydrogen-bond donors (Lipinski definition) is 1. The van der Waals surface area contributed by atoms with E-state index in [1.807, 2.05) is 6.92 Å². The Hall–Kier alpha value is -0.380. The normalized spacial score (nSPS) is 23.2. The van der Waals surface area contributed by atoms with Crippen molar-refractivity contribution in [3.05, 3.63) is 21.9 Å². The van der Waals surface area contributed by atoms with Crippen molar-refractivity contribution in [2.24, 2.45) is 5.41 Å². The number of aliphatic hydroxyl groups is 1. The molecule has 1 heterocycles. The number of hydrogen-bond acceptors (Lipinski definition) is 3. The molecule has 1 aromatic rings. The Morgan fingerprint density at radius 2 is 1.95 bits per heavy atom. The van der Waals surface area contributed by atoms with E-state index in [2.05, 4.69) is 32.2 Å². The lowest BCUT2D eigenvalue weighted by Crippen LogP contribution is -2.44. The van der Waals surface area contributed by atoms with E-state index >= 15 is 0 Å². The van der Waals surface area contributed by atoms with Gasteiger partial charge in [0.2, 0.25) is 0 Å². The van der Waals surface area contributed by atoms with Gasteiger partial charge in [-0.25, -0.2) is 0 Å². The molecule has 1 fully saturated rings. The molecule has 1 saturated carbocycles. The van der Waals surface area contributed by atoms with Crippen molar-refractivity contribution in [1.29, 1.82) is 0 Å². The van der Waals surface area contributed by atoms with E-state index in [1.165, 1.54) is 5.56 Å². The van der Waals surface area contributed by atoms with Crippen LogP contribution in [0.4, 0.5) is 0 Å². The Bertz CT molecular complexity index is 412. The molecule has 0 radical (unpaired) electrons. The van der Waals surface area contributed by atoms with Crippen molar-refractivity contribution in [3.8, 4) is 0 Å². The van der Waals surface area contributed by atoms with Crippen molar-refractivity contribution in [2.45, 2.75) is 65.1 Å². The number of ether oxygens (including phenoxy) is 1. The van der Waals surface area contributed by atoms with E-state index in [0.717, 1.165) is 30.6 Å². The Morgan fingerprint density at radius 3 is 2.42 bits per heavy atom. The van der Waals surface area contributed by atoms with E-state index < -0.39 is 6.10 Å². The molecular weight excluding hydrogens is 256 g/mol. The van der Waals surface area contributed by atoms with Gasteiger partial charge in [0.25, 0.3) is 0 Å². The molecule has 1 aliphatic rings. The van der Waals surface area contributed by atoms with Gasteiger partial charge in [0.05, 0.1) is 5.60 Å². The molecule has 0 aliphatic heterocycles. The van der Waals surface area contributed by atoms with E-state index in [9.17, 15) is 5.11 Å². The fourth-order valence-corrected chi connectivity index (χ4v) is 4.05. The van der Waals surface area contributed by atoms with E-state index in [4.69, 9.17) is 4.74 Å². The Morgan fingerprint density at radius 1 is 1.32 bits per heavy atom. The van der Waals surface area contributed by atoms with Crippen LogP contribution in [0, 0.1) is 12.3 Å². The van der Waals surface area contributed by atoms with Crippen molar-refractivity contribution in [1.82, 2.24) is 0 Å². The molecule has 2 nitrogen and oxygen atoms in total. The maximum atomic E-state index is 10.9. The summed E-state index contributed by atoms with van der Waals surface area (Å²) in [4.78, 5) is 1.08. The molecule has 0 bridgehead atoms. The summed E-state index contributed by atoms with van der Waals surface area (Å²) in [6.45, 7) is 9.39. The van der Waals surface area contributed by atoms with Gasteiger partial charge in [0.15, 0.2) is 0 Å². The highest BCUT2D eigenvalue weighted by molar-refractivity contribution is 7.10. The first-order valence-corrected chi connectivity index (χ1v) is 8.14. The van der Waals surface area contributed by atoms with Crippen LogP contribution in [0.3, 0.4) is 0 Å². The van der Waals surface area contributed by atoms with Crippen LogP contribution in [0.15, 0.2) is 11.4 Å². The minimum Gasteiger partial charge on any atom is -0.385 e. The third-order valence-electron chi connectivity index (χ3n) is 4.53. The molecule has 0 aromatic carbocycles. The third-order valence-corrected chi connectivity index (χ3v) is 5.60. The molecule has 0 spiro atoms. The van der Waals surface area contributed by atoms with Crippen LogP contribution >= 0.6 is 11.3 Å². The average Bonchev–Trinajstić information content (AvgIpc) is 2.78. The number of rotatable bonds is 4. The molecule has 1 N–H and O–H groups in total. The summed E-state index contributed by atoms with van der Waals surface area (Å²) in [7, 11) is 0. The highest BCUT2D eigenvalue weighted by Crippen LogP contribution is 2.48. The second kappa shape index (κ2) is 5.55. The van der Waals surface area contributed by atoms with Crippen molar-refractivity contribution in [3.63, 3.8) is 0 Å². The van der Waals surface area contributed by atoms with Gasteiger partial charge in [-0.2, -0.15) is 0 Å². The zero-order chi connectivity index (χ0) is 14.1. The van der Waals surface area contributed by atoms with Crippen LogP contribution in [0.1, 0.15) is 63.0 Å². The highest BCUT2D eigenvalue weighted by atomic mass is 32.1. The summed E-state index contributed by atoms with van der Waals surface area (Å²) in [5.74, 6) is 0.